The maximum Gasteiger partial charge on any atom is 0.253 e. The van der Waals surface area contributed by atoms with E-state index in [1.165, 1.54) is 0 Å². The summed E-state index contributed by atoms with van der Waals surface area (Å²) in [6, 6.07) is 4.93. The summed E-state index contributed by atoms with van der Waals surface area (Å²) in [7, 11) is 0. The van der Waals surface area contributed by atoms with Crippen LogP contribution in [0.15, 0.2) is 18.2 Å². The average Bonchev–Trinajstić information content (AvgIpc) is 3.25. The Morgan fingerprint density at radius 3 is 2.37 bits per heavy atom. The summed E-state index contributed by atoms with van der Waals surface area (Å²) in [5.41, 5.74) is 0.522. The predicted molar refractivity (Wildman–Crippen MR) is 109 cm³/mol. The summed E-state index contributed by atoms with van der Waals surface area (Å²) in [6.45, 7) is 4.91. The molecule has 0 aromatic heterocycles. The molecule has 5 nitrogen and oxygen atoms in total. The fourth-order valence-electron chi connectivity index (χ4n) is 4.47. The first kappa shape index (κ1) is 20.7. The third-order valence-electron chi connectivity index (χ3n) is 5.93. The van der Waals surface area contributed by atoms with E-state index in [1.807, 2.05) is 4.90 Å². The van der Waals surface area contributed by atoms with Crippen LogP contribution in [0.2, 0.25) is 10.0 Å². The summed E-state index contributed by atoms with van der Waals surface area (Å²) < 4.78 is 0. The number of piperidine rings is 1. The van der Waals surface area contributed by atoms with Crippen molar-refractivity contribution in [1.82, 2.24) is 15.1 Å². The maximum absolute atomic E-state index is 13.0. The van der Waals surface area contributed by atoms with Crippen LogP contribution in [0.3, 0.4) is 0 Å². The zero-order valence-electron chi connectivity index (χ0n) is 15.0. The van der Waals surface area contributed by atoms with Crippen molar-refractivity contribution in [3.05, 3.63) is 33.8 Å². The lowest BCUT2D eigenvalue weighted by Gasteiger charge is -2.34. The van der Waals surface area contributed by atoms with Gasteiger partial charge in [-0.2, -0.15) is 0 Å². The Balaban J connectivity index is 0.00000210. The predicted octanol–water partition coefficient (Wildman–Crippen LogP) is 2.95. The summed E-state index contributed by atoms with van der Waals surface area (Å²) >= 11 is 12.0. The van der Waals surface area contributed by atoms with Crippen LogP contribution in [-0.4, -0.2) is 60.9 Å². The van der Waals surface area contributed by atoms with Crippen molar-refractivity contribution in [2.24, 2.45) is 17.8 Å². The molecular weight excluding hydrogens is 409 g/mol. The molecule has 3 aliphatic heterocycles. The molecule has 3 saturated heterocycles. The van der Waals surface area contributed by atoms with Crippen molar-refractivity contribution < 1.29 is 9.59 Å². The Morgan fingerprint density at radius 1 is 1.00 bits per heavy atom. The summed E-state index contributed by atoms with van der Waals surface area (Å²) in [4.78, 5) is 29.6. The van der Waals surface area contributed by atoms with Crippen molar-refractivity contribution in [1.29, 1.82) is 0 Å². The van der Waals surface area contributed by atoms with Gasteiger partial charge in [0.1, 0.15) is 0 Å². The van der Waals surface area contributed by atoms with Gasteiger partial charge < -0.3 is 15.1 Å². The van der Waals surface area contributed by atoms with Crippen LogP contribution in [0.5, 0.6) is 0 Å². The normalized spacial score (nSPS) is 27.3. The highest BCUT2D eigenvalue weighted by Gasteiger charge is 2.40. The quantitative estimate of drug-likeness (QED) is 0.782. The molecule has 0 spiro atoms. The fourth-order valence-corrected chi connectivity index (χ4v) is 4.77. The smallest absolute Gasteiger partial charge is 0.253 e. The maximum atomic E-state index is 13.0. The number of rotatable bonds is 2. The van der Waals surface area contributed by atoms with Gasteiger partial charge in [-0.05, 0) is 42.9 Å². The topological polar surface area (TPSA) is 52.7 Å². The molecule has 2 amide bonds. The number of halogens is 3. The lowest BCUT2D eigenvalue weighted by atomic mass is 9.96. The molecule has 1 N–H and O–H groups in total. The standard InChI is InChI=1S/C19H23Cl2N3O2.ClH/c20-16-4-3-12(6-17(16)21)18(25)23-5-1-2-13(9-23)19(26)24-10-14-7-22-8-15(14)11-24;/h3-4,6,13-15,22H,1-2,5,7-11H2;1H/t13?,14-,15+;. The van der Waals surface area contributed by atoms with Gasteiger partial charge in [-0.25, -0.2) is 0 Å². The first-order valence-corrected chi connectivity index (χ1v) is 10.0. The molecule has 0 aliphatic carbocycles. The minimum atomic E-state index is -0.0951. The molecule has 1 unspecified atom stereocenters. The number of benzene rings is 1. The van der Waals surface area contributed by atoms with E-state index in [0.29, 0.717) is 40.5 Å². The molecule has 1 aromatic rings. The molecule has 0 radical (unpaired) electrons. The monoisotopic (exact) mass is 431 g/mol. The number of carbonyl (C=O) groups excluding carboxylic acids is 2. The molecule has 0 saturated carbocycles. The van der Waals surface area contributed by atoms with Gasteiger partial charge >= 0.3 is 0 Å². The molecule has 27 heavy (non-hydrogen) atoms. The van der Waals surface area contributed by atoms with Crippen molar-refractivity contribution >= 4 is 47.4 Å². The summed E-state index contributed by atoms with van der Waals surface area (Å²) in [6.07, 6.45) is 1.71. The van der Waals surface area contributed by atoms with Gasteiger partial charge in [0.05, 0.1) is 16.0 Å². The number of nitrogens with one attached hydrogen (secondary N) is 1. The van der Waals surface area contributed by atoms with Crippen LogP contribution in [0.25, 0.3) is 0 Å². The van der Waals surface area contributed by atoms with Crippen molar-refractivity contribution in [3.63, 3.8) is 0 Å². The van der Waals surface area contributed by atoms with Crippen LogP contribution in [0, 0.1) is 17.8 Å². The van der Waals surface area contributed by atoms with Crippen LogP contribution in [0.1, 0.15) is 23.2 Å². The first-order valence-electron chi connectivity index (χ1n) is 9.26. The minimum Gasteiger partial charge on any atom is -0.342 e. The first-order chi connectivity index (χ1) is 12.5. The van der Waals surface area contributed by atoms with Gasteiger partial charge in [0.2, 0.25) is 5.91 Å². The van der Waals surface area contributed by atoms with Crippen LogP contribution >= 0.6 is 35.6 Å². The third-order valence-corrected chi connectivity index (χ3v) is 6.66. The zero-order chi connectivity index (χ0) is 18.3. The van der Waals surface area contributed by atoms with Crippen molar-refractivity contribution in [3.8, 4) is 0 Å². The van der Waals surface area contributed by atoms with Gasteiger partial charge in [-0.1, -0.05) is 23.2 Å². The third kappa shape index (κ3) is 4.21. The second kappa shape index (κ2) is 8.56. The van der Waals surface area contributed by atoms with Gasteiger partial charge in [-0.15, -0.1) is 12.4 Å². The second-order valence-electron chi connectivity index (χ2n) is 7.64. The molecule has 148 valence electrons. The van der Waals surface area contributed by atoms with Gasteiger partial charge in [-0.3, -0.25) is 9.59 Å². The number of nitrogens with zero attached hydrogens (tertiary/aromatic N) is 2. The zero-order valence-corrected chi connectivity index (χ0v) is 17.3. The van der Waals surface area contributed by atoms with Crippen LogP contribution in [0.4, 0.5) is 0 Å². The highest BCUT2D eigenvalue weighted by atomic mass is 35.5. The molecule has 3 aliphatic rings. The second-order valence-corrected chi connectivity index (χ2v) is 8.46. The van der Waals surface area contributed by atoms with Crippen LogP contribution in [-0.2, 0) is 4.79 Å². The fraction of sp³-hybridized carbons (Fsp3) is 0.579. The molecule has 3 fully saturated rings. The molecule has 3 heterocycles. The highest BCUT2D eigenvalue weighted by molar-refractivity contribution is 6.42. The molecule has 3 atom stereocenters. The van der Waals surface area contributed by atoms with Gasteiger partial charge in [0.25, 0.3) is 5.91 Å². The number of likely N-dealkylation sites (tertiary alicyclic amines) is 2. The number of amides is 2. The molecule has 1 aromatic carbocycles. The van der Waals surface area contributed by atoms with E-state index in [9.17, 15) is 9.59 Å². The summed E-state index contributed by atoms with van der Waals surface area (Å²) in [5.74, 6) is 1.23. The molecule has 8 heteroatoms. The Kier molecular flexibility index (Phi) is 6.57. The van der Waals surface area contributed by atoms with Gasteiger partial charge in [0.15, 0.2) is 0 Å². The lowest BCUT2D eigenvalue weighted by molar-refractivity contribution is -0.136. The van der Waals surface area contributed by atoms with Gasteiger partial charge in [0, 0.05) is 44.8 Å². The summed E-state index contributed by atoms with van der Waals surface area (Å²) in [5, 5.41) is 4.21. The lowest BCUT2D eigenvalue weighted by Crippen LogP contribution is -2.46. The van der Waals surface area contributed by atoms with E-state index in [0.717, 1.165) is 39.0 Å². The van der Waals surface area contributed by atoms with Crippen molar-refractivity contribution in [2.75, 3.05) is 39.3 Å². The molecular formula is C19H24Cl3N3O2. The van der Waals surface area contributed by atoms with Crippen molar-refractivity contribution in [2.45, 2.75) is 12.8 Å². The average molecular weight is 433 g/mol. The SMILES string of the molecule is Cl.O=C(c1ccc(Cl)c(Cl)c1)N1CCCC(C(=O)N2C[C@H]3CNC[C@H]3C2)C1. The van der Waals surface area contributed by atoms with E-state index in [4.69, 9.17) is 23.2 Å². The van der Waals surface area contributed by atoms with E-state index >= 15 is 0 Å². The highest BCUT2D eigenvalue weighted by Crippen LogP contribution is 2.30. The van der Waals surface area contributed by atoms with E-state index in [1.54, 1.807) is 23.1 Å². The van der Waals surface area contributed by atoms with E-state index < -0.39 is 0 Å². The molecule has 4 rings (SSSR count). The van der Waals surface area contributed by atoms with E-state index in [2.05, 4.69) is 5.32 Å². The Morgan fingerprint density at radius 2 is 1.70 bits per heavy atom. The Bertz CT molecular complexity index is 718. The Hall–Kier alpha value is -1.01. The number of fused-ring (bicyclic) bond motifs is 1. The number of hydrogen-bond donors (Lipinski definition) is 1. The largest absolute Gasteiger partial charge is 0.342 e. The minimum absolute atomic E-state index is 0. The van der Waals surface area contributed by atoms with Crippen LogP contribution < -0.4 is 5.32 Å². The number of carbonyl (C=O) groups is 2. The van der Waals surface area contributed by atoms with E-state index in [-0.39, 0.29) is 30.1 Å². The Labute approximate surface area is 175 Å². The number of hydrogen-bond acceptors (Lipinski definition) is 3. The molecule has 0 bridgehead atoms.